The number of carbonyl (C=O) groups excluding carboxylic acids is 3. The maximum atomic E-state index is 12.0. The van der Waals surface area contributed by atoms with Crippen molar-refractivity contribution in [1.82, 2.24) is 15.5 Å². The molecule has 0 aromatic heterocycles. The van der Waals surface area contributed by atoms with Gasteiger partial charge in [-0.25, -0.2) is 4.79 Å². The molecule has 2 aliphatic rings. The average molecular weight is 329 g/mol. The van der Waals surface area contributed by atoms with Crippen molar-refractivity contribution >= 4 is 17.8 Å². The number of nitrogens with zero attached hydrogens (tertiary/aromatic N) is 1. The molecule has 1 saturated carbocycles. The van der Waals surface area contributed by atoms with Gasteiger partial charge in [-0.05, 0) is 36.7 Å². The fourth-order valence-corrected chi connectivity index (χ4v) is 3.40. The van der Waals surface area contributed by atoms with Crippen LogP contribution in [0.1, 0.15) is 37.2 Å². The van der Waals surface area contributed by atoms with Crippen molar-refractivity contribution < 1.29 is 14.4 Å². The first-order valence-corrected chi connectivity index (χ1v) is 8.44. The summed E-state index contributed by atoms with van der Waals surface area (Å²) < 4.78 is 0. The van der Waals surface area contributed by atoms with Gasteiger partial charge in [-0.1, -0.05) is 30.3 Å². The quantitative estimate of drug-likeness (QED) is 0.824. The molecular formula is C18H23N3O3. The Hall–Kier alpha value is -2.37. The first-order chi connectivity index (χ1) is 11.5. The van der Waals surface area contributed by atoms with Crippen molar-refractivity contribution in [2.45, 2.75) is 37.6 Å². The van der Waals surface area contributed by atoms with Crippen molar-refractivity contribution in [2.75, 3.05) is 13.6 Å². The molecule has 1 atom stereocenters. The van der Waals surface area contributed by atoms with Crippen LogP contribution in [0.2, 0.25) is 0 Å². The molecule has 1 aliphatic carbocycles. The van der Waals surface area contributed by atoms with Gasteiger partial charge in [0.25, 0.3) is 5.91 Å². The van der Waals surface area contributed by atoms with Crippen LogP contribution in [0.25, 0.3) is 0 Å². The van der Waals surface area contributed by atoms with E-state index in [0.29, 0.717) is 24.8 Å². The molecule has 0 spiro atoms. The first-order valence-electron chi connectivity index (χ1n) is 8.44. The molecule has 4 amide bonds. The highest BCUT2D eigenvalue weighted by molar-refractivity contribution is 6.01. The summed E-state index contributed by atoms with van der Waals surface area (Å²) in [5, 5.41) is 5.52. The molecule has 2 fully saturated rings. The van der Waals surface area contributed by atoms with E-state index in [0.717, 1.165) is 17.7 Å². The Morgan fingerprint density at radius 1 is 1.21 bits per heavy atom. The van der Waals surface area contributed by atoms with Gasteiger partial charge >= 0.3 is 6.03 Å². The number of hydrogen-bond acceptors (Lipinski definition) is 3. The van der Waals surface area contributed by atoms with Gasteiger partial charge in [0, 0.05) is 20.0 Å². The summed E-state index contributed by atoms with van der Waals surface area (Å²) in [5.41, 5.74) is 1.36. The van der Waals surface area contributed by atoms with Gasteiger partial charge in [0.15, 0.2) is 0 Å². The number of likely N-dealkylation sites (N-methyl/N-ethyl adjacent to an activating group) is 1. The molecule has 1 aromatic carbocycles. The molecule has 6 heteroatoms. The number of urea groups is 1. The van der Waals surface area contributed by atoms with Crippen molar-refractivity contribution in [1.29, 1.82) is 0 Å². The number of carbonyl (C=O) groups is 3. The normalized spacial score (nSPS) is 26.7. The van der Waals surface area contributed by atoms with Crippen LogP contribution in [0.15, 0.2) is 30.3 Å². The van der Waals surface area contributed by atoms with Gasteiger partial charge in [-0.2, -0.15) is 0 Å². The van der Waals surface area contributed by atoms with Crippen molar-refractivity contribution in [3.05, 3.63) is 35.9 Å². The number of imide groups is 1. The molecule has 2 N–H and O–H groups in total. The Labute approximate surface area is 141 Å². The lowest BCUT2D eigenvalue weighted by atomic mass is 9.71. The molecular weight excluding hydrogens is 306 g/mol. The number of benzene rings is 1. The predicted molar refractivity (Wildman–Crippen MR) is 89.2 cm³/mol. The third kappa shape index (κ3) is 3.58. The Morgan fingerprint density at radius 2 is 1.92 bits per heavy atom. The van der Waals surface area contributed by atoms with Gasteiger partial charge in [-0.15, -0.1) is 0 Å². The summed E-state index contributed by atoms with van der Waals surface area (Å²) in [6.45, 7) is 0.616. The highest BCUT2D eigenvalue weighted by atomic mass is 16.2. The van der Waals surface area contributed by atoms with Gasteiger partial charge in [0.2, 0.25) is 5.91 Å². The van der Waals surface area contributed by atoms with Crippen LogP contribution in [0, 0.1) is 5.92 Å². The smallest absolute Gasteiger partial charge is 0.315 e. The van der Waals surface area contributed by atoms with E-state index in [1.54, 1.807) is 0 Å². The summed E-state index contributed by atoms with van der Waals surface area (Å²) in [4.78, 5) is 36.4. The lowest BCUT2D eigenvalue weighted by Crippen LogP contribution is -2.55. The second-order valence-corrected chi connectivity index (χ2v) is 6.68. The number of piperidine rings is 1. The van der Waals surface area contributed by atoms with Crippen LogP contribution in [0.4, 0.5) is 4.79 Å². The summed E-state index contributed by atoms with van der Waals surface area (Å²) in [6, 6.07) is 9.48. The number of likely N-dealkylation sites (tertiary alicyclic amines) is 1. The second-order valence-electron chi connectivity index (χ2n) is 6.68. The van der Waals surface area contributed by atoms with E-state index in [4.69, 9.17) is 0 Å². The van der Waals surface area contributed by atoms with Crippen molar-refractivity contribution in [2.24, 2.45) is 5.92 Å². The van der Waals surface area contributed by atoms with Crippen LogP contribution in [-0.4, -0.2) is 42.4 Å². The van der Waals surface area contributed by atoms with Gasteiger partial charge in [0.1, 0.15) is 6.04 Å². The van der Waals surface area contributed by atoms with Crippen LogP contribution in [-0.2, 0) is 9.59 Å². The van der Waals surface area contributed by atoms with Crippen LogP contribution >= 0.6 is 0 Å². The molecule has 1 aliphatic heterocycles. The topological polar surface area (TPSA) is 78.5 Å². The monoisotopic (exact) mass is 329 g/mol. The number of rotatable bonds is 4. The van der Waals surface area contributed by atoms with E-state index in [2.05, 4.69) is 34.9 Å². The molecule has 24 heavy (non-hydrogen) atoms. The van der Waals surface area contributed by atoms with Gasteiger partial charge in [-0.3, -0.25) is 14.5 Å². The molecule has 1 aromatic rings. The Kier molecular flexibility index (Phi) is 4.83. The minimum atomic E-state index is -0.605. The number of amides is 4. The standard InChI is InChI=1S/C18H23N3O3/c1-21-16(22)8-7-15(17(21)23)20-18(24)19-11-12-9-14(10-12)13-5-3-2-4-6-13/h2-6,12,14-15H,7-11H2,1H3,(H2,19,20,24). The van der Waals surface area contributed by atoms with Crippen molar-refractivity contribution in [3.63, 3.8) is 0 Å². The molecule has 1 saturated heterocycles. The summed E-state index contributed by atoms with van der Waals surface area (Å²) in [7, 11) is 1.45. The van der Waals surface area contributed by atoms with Gasteiger partial charge < -0.3 is 10.6 Å². The maximum Gasteiger partial charge on any atom is 0.315 e. The van der Waals surface area contributed by atoms with Crippen LogP contribution < -0.4 is 10.6 Å². The zero-order valence-corrected chi connectivity index (χ0v) is 13.8. The highest BCUT2D eigenvalue weighted by Crippen LogP contribution is 2.40. The van der Waals surface area contributed by atoms with E-state index in [1.807, 2.05) is 6.07 Å². The molecule has 0 radical (unpaired) electrons. The van der Waals surface area contributed by atoms with E-state index in [1.165, 1.54) is 12.6 Å². The lowest BCUT2D eigenvalue weighted by Gasteiger charge is -2.36. The third-order valence-electron chi connectivity index (χ3n) is 5.01. The minimum absolute atomic E-state index is 0.195. The first kappa shape index (κ1) is 16.5. The average Bonchev–Trinajstić information content (AvgIpc) is 2.55. The Morgan fingerprint density at radius 3 is 2.62 bits per heavy atom. The zero-order valence-electron chi connectivity index (χ0n) is 13.8. The largest absolute Gasteiger partial charge is 0.338 e. The van der Waals surface area contributed by atoms with E-state index < -0.39 is 6.04 Å². The summed E-state index contributed by atoms with van der Waals surface area (Å²) in [5.74, 6) is 0.530. The summed E-state index contributed by atoms with van der Waals surface area (Å²) >= 11 is 0. The Balaban J connectivity index is 1.38. The molecule has 1 heterocycles. The minimum Gasteiger partial charge on any atom is -0.338 e. The molecule has 6 nitrogen and oxygen atoms in total. The number of nitrogens with one attached hydrogen (secondary N) is 2. The second kappa shape index (κ2) is 7.03. The lowest BCUT2D eigenvalue weighted by molar-refractivity contribution is -0.147. The van der Waals surface area contributed by atoms with Crippen molar-refractivity contribution in [3.8, 4) is 0 Å². The third-order valence-corrected chi connectivity index (χ3v) is 5.01. The molecule has 128 valence electrons. The molecule has 3 rings (SSSR count). The van der Waals surface area contributed by atoms with E-state index in [-0.39, 0.29) is 24.3 Å². The van der Waals surface area contributed by atoms with Crippen LogP contribution in [0.3, 0.4) is 0 Å². The fourth-order valence-electron chi connectivity index (χ4n) is 3.40. The predicted octanol–water partition coefficient (Wildman–Crippen LogP) is 1.63. The zero-order chi connectivity index (χ0) is 17.1. The molecule has 0 bridgehead atoms. The van der Waals surface area contributed by atoms with Gasteiger partial charge in [0.05, 0.1) is 0 Å². The SMILES string of the molecule is CN1C(=O)CCC(NC(=O)NCC2CC(c3ccccc3)C2)C1=O. The Bertz CT molecular complexity index is 626. The van der Waals surface area contributed by atoms with Crippen LogP contribution in [0.5, 0.6) is 0 Å². The fraction of sp³-hybridized carbons (Fsp3) is 0.500. The molecule has 1 unspecified atom stereocenters. The van der Waals surface area contributed by atoms with E-state index in [9.17, 15) is 14.4 Å². The van der Waals surface area contributed by atoms with E-state index >= 15 is 0 Å². The highest BCUT2D eigenvalue weighted by Gasteiger charge is 2.33. The maximum absolute atomic E-state index is 12.0. The number of hydrogen-bond donors (Lipinski definition) is 2. The summed E-state index contributed by atoms with van der Waals surface area (Å²) in [6.07, 6.45) is 2.80.